The van der Waals surface area contributed by atoms with Gasteiger partial charge >= 0.3 is 38.2 Å². The minimum Gasteiger partial charge on any atom is -0.437 e. The van der Waals surface area contributed by atoms with Crippen molar-refractivity contribution in [3.05, 3.63) is 0 Å². The highest BCUT2D eigenvalue weighted by atomic mass is 28.5. The number of carbonyl (C=O) groups is 2. The molecule has 0 radical (unpaired) electrons. The SMILES string of the molecule is CCO[Si](CCCNC(=O)NCCC[Si](C)(C)O[Si](C)(C)O[Si](C)(C)CCCNC(=O)NCCC[Si](OCC)(OCC)OCC)(OCC)OCC. The van der Waals surface area contributed by atoms with Crippen LogP contribution in [-0.4, -0.2) is 121 Å². The van der Waals surface area contributed by atoms with Gasteiger partial charge in [0.15, 0.2) is 16.6 Å². The molecule has 0 bridgehead atoms. The topological polar surface area (TPSA) is 156 Å². The summed E-state index contributed by atoms with van der Waals surface area (Å²) in [7, 11) is -11.8. The zero-order valence-electron chi connectivity index (χ0n) is 34.3. The van der Waals surface area contributed by atoms with Gasteiger partial charge in [0.1, 0.15) is 0 Å². The fourth-order valence-electron chi connectivity index (χ4n) is 6.03. The Hall–Kier alpha value is -0.696. The summed E-state index contributed by atoms with van der Waals surface area (Å²) in [6.07, 6.45) is 3.13. The number of rotatable bonds is 32. The molecule has 0 fully saturated rings. The molecule has 0 aromatic heterocycles. The molecule has 304 valence electrons. The molecule has 0 aliphatic rings. The van der Waals surface area contributed by atoms with Crippen LogP contribution < -0.4 is 21.3 Å². The molecule has 0 atom stereocenters. The quantitative estimate of drug-likeness (QED) is 0.0444. The van der Waals surface area contributed by atoms with Gasteiger partial charge in [-0.1, -0.05) is 0 Å². The smallest absolute Gasteiger partial charge is 0.437 e. The van der Waals surface area contributed by atoms with E-state index in [-0.39, 0.29) is 12.1 Å². The average molecular weight is 817 g/mol. The summed E-state index contributed by atoms with van der Waals surface area (Å²) in [4.78, 5) is 24.8. The number of carbonyl (C=O) groups excluding carboxylic acids is 2. The molecule has 0 aliphatic heterocycles. The van der Waals surface area contributed by atoms with Crippen LogP contribution in [0.5, 0.6) is 0 Å². The van der Waals surface area contributed by atoms with Gasteiger partial charge in [-0.05, 0) is 119 Å². The molecule has 51 heavy (non-hydrogen) atoms. The predicted octanol–water partition coefficient (Wildman–Crippen LogP) is 6.39. The molecule has 0 unspecified atom stereocenters. The van der Waals surface area contributed by atoms with Crippen LogP contribution in [0.4, 0.5) is 9.59 Å². The standard InChI is InChI=1S/C32H76N4O10Si5/c1-13-39-50(40-14-2,41-15-3)29-21-25-35-31(37)33-23-19-27-47(7,8)45-49(11,12)46-48(9,10)28-20-24-34-32(38)36-26-22-30-51(42-16-4,43-17-5)44-18-6/h13-30H2,1-12H3,(H2,33,35,37)(H2,34,36,38). The van der Waals surface area contributed by atoms with Gasteiger partial charge in [0.2, 0.25) is 0 Å². The Kier molecular flexibility index (Phi) is 26.6. The fourth-order valence-corrected chi connectivity index (χ4v) is 25.3. The van der Waals surface area contributed by atoms with Crippen LogP contribution in [0.1, 0.15) is 67.2 Å². The van der Waals surface area contributed by atoms with E-state index in [9.17, 15) is 9.59 Å². The third-order valence-corrected chi connectivity index (χ3v) is 25.4. The maximum atomic E-state index is 12.4. The molecule has 4 N–H and O–H groups in total. The second-order valence-electron chi connectivity index (χ2n) is 13.9. The molecule has 0 saturated heterocycles. The van der Waals surface area contributed by atoms with Crippen LogP contribution in [-0.2, 0) is 34.8 Å². The van der Waals surface area contributed by atoms with E-state index in [0.29, 0.717) is 77.9 Å². The Bertz CT molecular complexity index is 837. The lowest BCUT2D eigenvalue weighted by Crippen LogP contribution is -2.52. The predicted molar refractivity (Wildman–Crippen MR) is 216 cm³/mol. The molecule has 0 aromatic carbocycles. The van der Waals surface area contributed by atoms with Crippen molar-refractivity contribution >= 4 is 54.9 Å². The van der Waals surface area contributed by atoms with Crippen molar-refractivity contribution in [3.63, 3.8) is 0 Å². The lowest BCUT2D eigenvalue weighted by atomic mass is 10.4. The van der Waals surface area contributed by atoms with Crippen LogP contribution >= 0.6 is 0 Å². The molecule has 0 saturated carbocycles. The van der Waals surface area contributed by atoms with Gasteiger partial charge in [-0.3, -0.25) is 0 Å². The first kappa shape index (κ1) is 50.3. The number of hydrogen-bond acceptors (Lipinski definition) is 10. The maximum absolute atomic E-state index is 12.4. The monoisotopic (exact) mass is 816 g/mol. The van der Waals surface area contributed by atoms with Crippen LogP contribution in [0, 0.1) is 0 Å². The summed E-state index contributed by atoms with van der Waals surface area (Å²) in [6.45, 7) is 30.3. The number of nitrogens with one attached hydrogen (secondary N) is 4. The van der Waals surface area contributed by atoms with Crippen molar-refractivity contribution in [2.75, 3.05) is 65.8 Å². The summed E-state index contributed by atoms with van der Waals surface area (Å²) >= 11 is 0. The molecule has 19 heteroatoms. The first-order valence-electron chi connectivity index (χ1n) is 19.3. The molecular formula is C32H76N4O10Si5. The zero-order valence-corrected chi connectivity index (χ0v) is 39.3. The first-order valence-corrected chi connectivity index (χ1v) is 32.2. The first-order chi connectivity index (χ1) is 24.0. The largest absolute Gasteiger partial charge is 0.500 e. The summed E-state index contributed by atoms with van der Waals surface area (Å²) < 4.78 is 48.8. The van der Waals surface area contributed by atoms with E-state index >= 15 is 0 Å². The average Bonchev–Trinajstić information content (AvgIpc) is 3.01. The molecule has 0 rings (SSSR count). The molecular weight excluding hydrogens is 741 g/mol. The van der Waals surface area contributed by atoms with Gasteiger partial charge in [-0.2, -0.15) is 0 Å². The summed E-state index contributed by atoms with van der Waals surface area (Å²) in [5.41, 5.74) is 0. The van der Waals surface area contributed by atoms with Crippen LogP contribution in [0.15, 0.2) is 0 Å². The van der Waals surface area contributed by atoms with Crippen LogP contribution in [0.3, 0.4) is 0 Å². The van der Waals surface area contributed by atoms with Gasteiger partial charge in [0.25, 0.3) is 0 Å². The third-order valence-electron chi connectivity index (χ3n) is 7.60. The molecule has 0 spiro atoms. The fraction of sp³-hybridized carbons (Fsp3) is 0.938. The van der Waals surface area contributed by atoms with E-state index in [1.54, 1.807) is 0 Å². The lowest BCUT2D eigenvalue weighted by Gasteiger charge is -2.38. The van der Waals surface area contributed by atoms with Gasteiger partial charge < -0.3 is 56.1 Å². The van der Waals surface area contributed by atoms with E-state index in [0.717, 1.165) is 37.8 Å². The Balaban J connectivity index is 4.44. The van der Waals surface area contributed by atoms with E-state index < -0.39 is 42.8 Å². The highest BCUT2D eigenvalue weighted by molar-refractivity contribution is 6.87. The molecule has 14 nitrogen and oxygen atoms in total. The lowest BCUT2D eigenvalue weighted by molar-refractivity contribution is 0.0700. The van der Waals surface area contributed by atoms with Gasteiger partial charge in [0, 0.05) is 77.9 Å². The zero-order chi connectivity index (χ0) is 38.9. The third kappa shape index (κ3) is 24.4. The second-order valence-corrected chi connectivity index (χ2v) is 31.8. The van der Waals surface area contributed by atoms with Crippen molar-refractivity contribution in [2.45, 2.75) is 131 Å². The summed E-state index contributed by atoms with van der Waals surface area (Å²) in [5.74, 6) is 0. The Morgan fingerprint density at radius 1 is 0.412 bits per heavy atom. The van der Waals surface area contributed by atoms with Crippen molar-refractivity contribution < 1.29 is 44.4 Å². The van der Waals surface area contributed by atoms with Gasteiger partial charge in [0.05, 0.1) is 0 Å². The molecule has 4 amide bonds. The van der Waals surface area contributed by atoms with E-state index in [2.05, 4.69) is 60.5 Å². The maximum Gasteiger partial charge on any atom is 0.500 e. The number of amides is 4. The van der Waals surface area contributed by atoms with E-state index in [1.807, 2.05) is 41.5 Å². The minimum absolute atomic E-state index is 0.172. The molecule has 0 aromatic rings. The Morgan fingerprint density at radius 3 is 0.882 bits per heavy atom. The van der Waals surface area contributed by atoms with Crippen molar-refractivity contribution in [1.82, 2.24) is 21.3 Å². The van der Waals surface area contributed by atoms with Crippen LogP contribution in [0.2, 0.25) is 63.5 Å². The van der Waals surface area contributed by atoms with Crippen molar-refractivity contribution in [2.24, 2.45) is 0 Å². The van der Waals surface area contributed by atoms with E-state index in [4.69, 9.17) is 34.8 Å². The molecule has 0 aliphatic carbocycles. The van der Waals surface area contributed by atoms with Crippen LogP contribution in [0.25, 0.3) is 0 Å². The highest BCUT2D eigenvalue weighted by Crippen LogP contribution is 2.26. The summed E-state index contributed by atoms with van der Waals surface area (Å²) in [5, 5.41) is 11.8. The Labute approximate surface area is 316 Å². The van der Waals surface area contributed by atoms with Crippen molar-refractivity contribution in [3.8, 4) is 0 Å². The highest BCUT2D eigenvalue weighted by Gasteiger charge is 2.41. The molecule has 0 heterocycles. The van der Waals surface area contributed by atoms with Gasteiger partial charge in [-0.15, -0.1) is 0 Å². The minimum atomic E-state index is -2.69. The number of hydrogen-bond donors (Lipinski definition) is 4. The Morgan fingerprint density at radius 2 is 0.647 bits per heavy atom. The normalized spacial score (nSPS) is 12.9. The van der Waals surface area contributed by atoms with E-state index in [1.165, 1.54) is 0 Å². The van der Waals surface area contributed by atoms with Crippen molar-refractivity contribution in [1.29, 1.82) is 0 Å². The summed E-state index contributed by atoms with van der Waals surface area (Å²) in [6, 6.07) is 2.83. The van der Waals surface area contributed by atoms with Gasteiger partial charge in [-0.25, -0.2) is 9.59 Å². The second kappa shape index (κ2) is 27.0. The number of urea groups is 2.